The highest BCUT2D eigenvalue weighted by molar-refractivity contribution is 9.10. The molecule has 0 aliphatic rings. The Morgan fingerprint density at radius 1 is 1.42 bits per heavy atom. The van der Waals surface area contributed by atoms with Crippen molar-refractivity contribution in [2.45, 2.75) is 12.6 Å². The minimum atomic E-state index is -4.48. The first-order valence-corrected chi connectivity index (χ1v) is 7.69. The van der Waals surface area contributed by atoms with Crippen LogP contribution in [0, 0.1) is 0 Å². The lowest BCUT2D eigenvalue weighted by Gasteiger charge is -2.11. The minimum Gasteiger partial charge on any atom is -0.352 e. The van der Waals surface area contributed by atoms with Gasteiger partial charge < -0.3 is 5.32 Å². The third kappa shape index (κ3) is 5.06. The molecule has 0 unspecified atom stereocenters. The van der Waals surface area contributed by atoms with Crippen LogP contribution in [0.25, 0.3) is 0 Å². The van der Waals surface area contributed by atoms with Crippen LogP contribution in [0.3, 0.4) is 0 Å². The van der Waals surface area contributed by atoms with Crippen LogP contribution in [0.1, 0.15) is 22.3 Å². The number of halogens is 4. The van der Waals surface area contributed by atoms with E-state index in [1.165, 1.54) is 12.1 Å². The molecule has 106 valence electrons. The Kier molecular flexibility index (Phi) is 6.19. The van der Waals surface area contributed by atoms with Crippen LogP contribution in [0.4, 0.5) is 13.2 Å². The van der Waals surface area contributed by atoms with Crippen molar-refractivity contribution in [1.29, 1.82) is 0 Å². The van der Waals surface area contributed by atoms with Gasteiger partial charge in [-0.05, 0) is 36.6 Å². The maximum absolute atomic E-state index is 12.7. The summed E-state index contributed by atoms with van der Waals surface area (Å²) in [6, 6.07) is 3.46. The van der Waals surface area contributed by atoms with Crippen molar-refractivity contribution in [3.63, 3.8) is 0 Å². The number of rotatable bonds is 5. The number of hydrogen-bond donors (Lipinski definition) is 1. The number of thioether (sulfide) groups is 1. The molecule has 2 nitrogen and oxygen atoms in total. The van der Waals surface area contributed by atoms with E-state index in [4.69, 9.17) is 0 Å². The molecule has 0 spiro atoms. The highest BCUT2D eigenvalue weighted by Crippen LogP contribution is 2.35. The number of amides is 1. The van der Waals surface area contributed by atoms with Gasteiger partial charge in [-0.2, -0.15) is 24.9 Å². The first kappa shape index (κ1) is 16.4. The molecule has 7 heteroatoms. The molecule has 0 radical (unpaired) electrons. The third-order valence-corrected chi connectivity index (χ3v) is 3.73. The van der Waals surface area contributed by atoms with Gasteiger partial charge in [0.2, 0.25) is 0 Å². The van der Waals surface area contributed by atoms with Gasteiger partial charge >= 0.3 is 6.18 Å². The highest BCUT2D eigenvalue weighted by Gasteiger charge is 2.33. The monoisotopic (exact) mass is 355 g/mol. The molecule has 1 aromatic carbocycles. The van der Waals surface area contributed by atoms with Crippen molar-refractivity contribution in [3.05, 3.63) is 33.8 Å². The number of carbonyl (C=O) groups is 1. The van der Waals surface area contributed by atoms with Gasteiger partial charge in [0, 0.05) is 16.6 Å². The largest absolute Gasteiger partial charge is 0.417 e. The molecule has 0 heterocycles. The Morgan fingerprint density at radius 2 is 2.11 bits per heavy atom. The van der Waals surface area contributed by atoms with E-state index >= 15 is 0 Å². The SMILES string of the molecule is CSCCCNC(=O)c1ccc(Br)c(C(F)(F)F)c1. The van der Waals surface area contributed by atoms with Gasteiger partial charge in [0.05, 0.1) is 5.56 Å². The molecule has 1 N–H and O–H groups in total. The van der Waals surface area contributed by atoms with Crippen LogP contribution >= 0.6 is 27.7 Å². The number of hydrogen-bond acceptors (Lipinski definition) is 2. The van der Waals surface area contributed by atoms with E-state index < -0.39 is 17.6 Å². The summed E-state index contributed by atoms with van der Waals surface area (Å²) >= 11 is 4.48. The molecule has 0 aliphatic heterocycles. The summed E-state index contributed by atoms with van der Waals surface area (Å²) in [6.07, 6.45) is -1.74. The first-order valence-electron chi connectivity index (χ1n) is 5.50. The van der Waals surface area contributed by atoms with Crippen molar-refractivity contribution in [2.75, 3.05) is 18.6 Å². The standard InChI is InChI=1S/C12H13BrF3NOS/c1-19-6-2-5-17-11(18)8-3-4-10(13)9(7-8)12(14,15)16/h3-4,7H,2,5-6H2,1H3,(H,17,18). The van der Waals surface area contributed by atoms with E-state index in [2.05, 4.69) is 21.2 Å². The Hall–Kier alpha value is -0.690. The molecule has 1 aromatic rings. The lowest BCUT2D eigenvalue weighted by molar-refractivity contribution is -0.138. The zero-order chi connectivity index (χ0) is 14.5. The van der Waals surface area contributed by atoms with Gasteiger partial charge in [0.15, 0.2) is 0 Å². The fourth-order valence-electron chi connectivity index (χ4n) is 1.40. The van der Waals surface area contributed by atoms with Crippen LogP contribution in [0.5, 0.6) is 0 Å². The average molecular weight is 356 g/mol. The summed E-state index contributed by atoms with van der Waals surface area (Å²) in [4.78, 5) is 11.7. The summed E-state index contributed by atoms with van der Waals surface area (Å²) in [5, 5.41) is 2.60. The topological polar surface area (TPSA) is 29.1 Å². The van der Waals surface area contributed by atoms with Crippen LogP contribution < -0.4 is 5.32 Å². The van der Waals surface area contributed by atoms with E-state index in [0.29, 0.717) is 6.54 Å². The van der Waals surface area contributed by atoms with E-state index in [-0.39, 0.29) is 10.0 Å². The molecule has 0 saturated carbocycles. The summed E-state index contributed by atoms with van der Waals surface area (Å²) < 4.78 is 38.0. The van der Waals surface area contributed by atoms with Crippen molar-refractivity contribution >= 4 is 33.6 Å². The summed E-state index contributed by atoms with van der Waals surface area (Å²) in [6.45, 7) is 0.455. The summed E-state index contributed by atoms with van der Waals surface area (Å²) in [5.74, 6) is 0.410. The zero-order valence-electron chi connectivity index (χ0n) is 10.2. The van der Waals surface area contributed by atoms with Gasteiger partial charge in [0.1, 0.15) is 0 Å². The number of carbonyl (C=O) groups excluding carboxylic acids is 1. The quantitative estimate of drug-likeness (QED) is 0.810. The molecular weight excluding hydrogens is 343 g/mol. The second-order valence-corrected chi connectivity index (χ2v) is 5.63. The normalized spacial score (nSPS) is 11.4. The molecular formula is C12H13BrF3NOS. The summed E-state index contributed by atoms with van der Waals surface area (Å²) in [5.41, 5.74) is -0.830. The predicted octanol–water partition coefficient (Wildman–Crippen LogP) is 3.95. The maximum atomic E-state index is 12.7. The molecule has 0 bridgehead atoms. The lowest BCUT2D eigenvalue weighted by Crippen LogP contribution is -2.25. The Labute approximate surface area is 122 Å². The number of nitrogens with one attached hydrogen (secondary N) is 1. The summed E-state index contributed by atoms with van der Waals surface area (Å²) in [7, 11) is 0. The van der Waals surface area contributed by atoms with Crippen LogP contribution in [0.2, 0.25) is 0 Å². The maximum Gasteiger partial charge on any atom is 0.417 e. The molecule has 0 aromatic heterocycles. The highest BCUT2D eigenvalue weighted by atomic mass is 79.9. The molecule has 0 saturated heterocycles. The first-order chi connectivity index (χ1) is 8.86. The van der Waals surface area contributed by atoms with Gasteiger partial charge in [-0.15, -0.1) is 0 Å². The average Bonchev–Trinajstić information content (AvgIpc) is 2.33. The molecule has 1 amide bonds. The van der Waals surface area contributed by atoms with E-state index in [1.54, 1.807) is 11.8 Å². The predicted molar refractivity (Wildman–Crippen MR) is 74.5 cm³/mol. The molecule has 0 fully saturated rings. The van der Waals surface area contributed by atoms with Gasteiger partial charge in [-0.3, -0.25) is 4.79 Å². The van der Waals surface area contributed by atoms with Gasteiger partial charge in [-0.1, -0.05) is 15.9 Å². The lowest BCUT2D eigenvalue weighted by atomic mass is 10.1. The minimum absolute atomic E-state index is 0.0136. The Morgan fingerprint density at radius 3 is 2.68 bits per heavy atom. The van der Waals surface area contributed by atoms with Crippen LogP contribution in [0.15, 0.2) is 22.7 Å². The molecule has 0 atom stereocenters. The smallest absolute Gasteiger partial charge is 0.352 e. The van der Waals surface area contributed by atoms with Crippen LogP contribution in [-0.4, -0.2) is 24.5 Å². The van der Waals surface area contributed by atoms with Crippen LogP contribution in [-0.2, 0) is 6.18 Å². The van der Waals surface area contributed by atoms with E-state index in [1.807, 2.05) is 6.26 Å². The van der Waals surface area contributed by atoms with Crippen molar-refractivity contribution < 1.29 is 18.0 Å². The second kappa shape index (κ2) is 7.19. The number of benzene rings is 1. The fourth-order valence-corrected chi connectivity index (χ4v) is 2.31. The van der Waals surface area contributed by atoms with Gasteiger partial charge in [0.25, 0.3) is 5.91 Å². The van der Waals surface area contributed by atoms with Crippen molar-refractivity contribution in [3.8, 4) is 0 Å². The molecule has 0 aliphatic carbocycles. The van der Waals surface area contributed by atoms with Crippen molar-refractivity contribution in [1.82, 2.24) is 5.32 Å². The van der Waals surface area contributed by atoms with E-state index in [9.17, 15) is 18.0 Å². The van der Waals surface area contributed by atoms with Gasteiger partial charge in [-0.25, -0.2) is 0 Å². The number of alkyl halides is 3. The second-order valence-electron chi connectivity index (χ2n) is 3.79. The van der Waals surface area contributed by atoms with Crippen molar-refractivity contribution in [2.24, 2.45) is 0 Å². The molecule has 1 rings (SSSR count). The Balaban J connectivity index is 2.76. The Bertz CT molecular complexity index is 451. The molecule has 19 heavy (non-hydrogen) atoms. The third-order valence-electron chi connectivity index (χ3n) is 2.34. The fraction of sp³-hybridized carbons (Fsp3) is 0.417. The zero-order valence-corrected chi connectivity index (χ0v) is 12.6. The van der Waals surface area contributed by atoms with E-state index in [0.717, 1.165) is 18.2 Å².